The molecule has 138 valence electrons. The molecule has 25 heavy (non-hydrogen) atoms. The highest BCUT2D eigenvalue weighted by Gasteiger charge is 2.34. The number of nitrogens with zero attached hydrogens (tertiary/aromatic N) is 2. The first-order valence-electron chi connectivity index (χ1n) is 8.95. The summed E-state index contributed by atoms with van der Waals surface area (Å²) in [6.45, 7) is 6.86. The van der Waals surface area contributed by atoms with Crippen LogP contribution in [-0.4, -0.2) is 43.5 Å². The van der Waals surface area contributed by atoms with Crippen molar-refractivity contribution in [3.63, 3.8) is 0 Å². The standard InChI is InChI=1S/C18H26N2O4S/c1-12(2)15-6-4-13(3)10-16(15)24-18(21)14-5-7-17-19-25(22,23)9-8-20(17)11-14/h5,7,11-13,15-16H,4,6,8-10H2,1-3H3. The molecule has 0 bridgehead atoms. The second-order valence-corrected chi connectivity index (χ2v) is 9.37. The van der Waals surface area contributed by atoms with Gasteiger partial charge in [0.25, 0.3) is 10.0 Å². The average molecular weight is 366 g/mol. The molecule has 3 atom stereocenters. The van der Waals surface area contributed by atoms with E-state index in [1.807, 2.05) is 0 Å². The number of carbonyl (C=O) groups is 1. The quantitative estimate of drug-likeness (QED) is 0.717. The first-order chi connectivity index (χ1) is 11.7. The van der Waals surface area contributed by atoms with Gasteiger partial charge in [0.15, 0.2) is 0 Å². The fourth-order valence-corrected chi connectivity index (χ4v) is 4.75. The highest BCUT2D eigenvalue weighted by molar-refractivity contribution is 7.90. The largest absolute Gasteiger partial charge is 0.458 e. The second kappa shape index (κ2) is 6.94. The van der Waals surface area contributed by atoms with Crippen molar-refractivity contribution in [1.82, 2.24) is 4.90 Å². The molecule has 3 unspecified atom stereocenters. The molecular weight excluding hydrogens is 340 g/mol. The van der Waals surface area contributed by atoms with E-state index in [4.69, 9.17) is 4.74 Å². The lowest BCUT2D eigenvalue weighted by Crippen LogP contribution is -2.38. The van der Waals surface area contributed by atoms with Gasteiger partial charge in [-0.15, -0.1) is 4.40 Å². The van der Waals surface area contributed by atoms with Crippen molar-refractivity contribution in [3.05, 3.63) is 23.9 Å². The lowest BCUT2D eigenvalue weighted by Gasteiger charge is -2.37. The predicted octanol–water partition coefficient (Wildman–Crippen LogP) is 2.49. The number of amidine groups is 1. The molecule has 3 rings (SSSR count). The molecule has 1 aliphatic carbocycles. The minimum absolute atomic E-state index is 0.0429. The number of ether oxygens (including phenoxy) is 1. The summed E-state index contributed by atoms with van der Waals surface area (Å²) < 4.78 is 32.7. The normalized spacial score (nSPS) is 31.2. The van der Waals surface area contributed by atoms with Gasteiger partial charge in [0.1, 0.15) is 11.9 Å². The van der Waals surface area contributed by atoms with Gasteiger partial charge in [-0.25, -0.2) is 13.2 Å². The highest BCUT2D eigenvalue weighted by Crippen LogP contribution is 2.35. The van der Waals surface area contributed by atoms with Crippen LogP contribution < -0.4 is 0 Å². The highest BCUT2D eigenvalue weighted by atomic mass is 32.2. The maximum atomic E-state index is 12.6. The van der Waals surface area contributed by atoms with Crippen LogP contribution in [0.15, 0.2) is 28.3 Å². The average Bonchev–Trinajstić information content (AvgIpc) is 2.53. The van der Waals surface area contributed by atoms with Crippen molar-refractivity contribution in [1.29, 1.82) is 0 Å². The monoisotopic (exact) mass is 366 g/mol. The van der Waals surface area contributed by atoms with E-state index in [0.29, 0.717) is 35.7 Å². The van der Waals surface area contributed by atoms with Gasteiger partial charge in [-0.1, -0.05) is 27.2 Å². The minimum atomic E-state index is -3.39. The lowest BCUT2D eigenvalue weighted by molar-refractivity contribution is -0.150. The molecule has 0 N–H and O–H groups in total. The Morgan fingerprint density at radius 1 is 1.32 bits per heavy atom. The van der Waals surface area contributed by atoms with Crippen molar-refractivity contribution >= 4 is 21.8 Å². The summed E-state index contributed by atoms with van der Waals surface area (Å²) in [6.07, 6.45) is 7.93. The van der Waals surface area contributed by atoms with Gasteiger partial charge in [0.2, 0.25) is 0 Å². The number of sulfonamides is 1. The summed E-state index contributed by atoms with van der Waals surface area (Å²) in [4.78, 5) is 14.3. The third-order valence-electron chi connectivity index (χ3n) is 5.28. The van der Waals surface area contributed by atoms with Crippen LogP contribution in [0, 0.1) is 17.8 Å². The van der Waals surface area contributed by atoms with E-state index in [9.17, 15) is 13.2 Å². The summed E-state index contributed by atoms with van der Waals surface area (Å²) in [5.41, 5.74) is 0.444. The third kappa shape index (κ3) is 4.14. The Morgan fingerprint density at radius 3 is 2.80 bits per heavy atom. The molecular formula is C18H26N2O4S. The van der Waals surface area contributed by atoms with Crippen molar-refractivity contribution in [2.24, 2.45) is 22.2 Å². The van der Waals surface area contributed by atoms with Crippen molar-refractivity contribution in [2.45, 2.75) is 46.1 Å². The van der Waals surface area contributed by atoms with Crippen LogP contribution in [0.25, 0.3) is 0 Å². The molecule has 2 heterocycles. The zero-order valence-electron chi connectivity index (χ0n) is 15.0. The van der Waals surface area contributed by atoms with Crippen molar-refractivity contribution in [3.8, 4) is 0 Å². The van der Waals surface area contributed by atoms with E-state index in [-0.39, 0.29) is 17.8 Å². The summed E-state index contributed by atoms with van der Waals surface area (Å²) in [7, 11) is -3.39. The van der Waals surface area contributed by atoms with Crippen LogP contribution in [0.1, 0.15) is 40.0 Å². The van der Waals surface area contributed by atoms with Crippen LogP contribution in [0.3, 0.4) is 0 Å². The number of carbonyl (C=O) groups excluding carboxylic acids is 1. The van der Waals surface area contributed by atoms with E-state index < -0.39 is 10.0 Å². The zero-order chi connectivity index (χ0) is 18.2. The van der Waals surface area contributed by atoms with Gasteiger partial charge in [-0.05, 0) is 42.7 Å². The smallest absolute Gasteiger partial charge is 0.339 e. The first-order valence-corrected chi connectivity index (χ1v) is 10.6. The maximum Gasteiger partial charge on any atom is 0.339 e. The Kier molecular flexibility index (Phi) is 5.04. The Bertz CT molecular complexity index is 736. The van der Waals surface area contributed by atoms with Gasteiger partial charge >= 0.3 is 5.97 Å². The fourth-order valence-electron chi connectivity index (χ4n) is 3.78. The zero-order valence-corrected chi connectivity index (χ0v) is 15.8. The number of hydrogen-bond donors (Lipinski definition) is 0. The molecule has 0 spiro atoms. The topological polar surface area (TPSA) is 76.0 Å². The summed E-state index contributed by atoms with van der Waals surface area (Å²) >= 11 is 0. The number of fused-ring (bicyclic) bond motifs is 1. The Hall–Kier alpha value is -1.63. The number of rotatable bonds is 3. The minimum Gasteiger partial charge on any atom is -0.458 e. The maximum absolute atomic E-state index is 12.6. The van der Waals surface area contributed by atoms with Crippen LogP contribution >= 0.6 is 0 Å². The molecule has 0 aromatic carbocycles. The molecule has 3 aliphatic rings. The van der Waals surface area contributed by atoms with E-state index in [2.05, 4.69) is 25.2 Å². The predicted molar refractivity (Wildman–Crippen MR) is 96.4 cm³/mol. The molecule has 0 radical (unpaired) electrons. The summed E-state index contributed by atoms with van der Waals surface area (Å²) in [6, 6.07) is 0. The molecule has 6 nitrogen and oxygen atoms in total. The Balaban J connectivity index is 1.72. The summed E-state index contributed by atoms with van der Waals surface area (Å²) in [5, 5.41) is 0. The van der Waals surface area contributed by atoms with Crippen molar-refractivity contribution in [2.75, 3.05) is 12.3 Å². The SMILES string of the molecule is CC1CCC(C(C)C)C(OC(=O)C2=CN3CCS(=O)(=O)N=C3C=C2)C1. The molecule has 1 saturated carbocycles. The fraction of sp³-hybridized carbons (Fsp3) is 0.667. The Morgan fingerprint density at radius 2 is 2.08 bits per heavy atom. The van der Waals surface area contributed by atoms with Crippen LogP contribution in [0.5, 0.6) is 0 Å². The molecule has 0 saturated heterocycles. The van der Waals surface area contributed by atoms with Gasteiger partial charge in [-0.2, -0.15) is 0 Å². The number of hydrogen-bond acceptors (Lipinski definition) is 5. The number of esters is 1. The van der Waals surface area contributed by atoms with E-state index in [1.54, 1.807) is 23.3 Å². The molecule has 7 heteroatoms. The Labute approximate surface area is 149 Å². The van der Waals surface area contributed by atoms with E-state index >= 15 is 0 Å². The van der Waals surface area contributed by atoms with Gasteiger partial charge in [0, 0.05) is 12.7 Å². The second-order valence-electron chi connectivity index (χ2n) is 7.62. The molecule has 0 amide bonds. The van der Waals surface area contributed by atoms with Crippen molar-refractivity contribution < 1.29 is 17.9 Å². The van der Waals surface area contributed by atoms with Crippen LogP contribution in [0.4, 0.5) is 0 Å². The molecule has 0 aromatic rings. The first kappa shape index (κ1) is 18.2. The summed E-state index contributed by atoms with van der Waals surface area (Å²) in [5.74, 6) is 1.41. The van der Waals surface area contributed by atoms with Crippen LogP contribution in [0.2, 0.25) is 0 Å². The van der Waals surface area contributed by atoms with Gasteiger partial charge < -0.3 is 9.64 Å². The van der Waals surface area contributed by atoms with Crippen LogP contribution in [-0.2, 0) is 19.6 Å². The van der Waals surface area contributed by atoms with Gasteiger partial charge in [-0.3, -0.25) is 0 Å². The van der Waals surface area contributed by atoms with E-state index in [0.717, 1.165) is 12.8 Å². The van der Waals surface area contributed by atoms with Gasteiger partial charge in [0.05, 0.1) is 11.3 Å². The molecule has 1 fully saturated rings. The molecule has 0 aromatic heterocycles. The molecule has 2 aliphatic heterocycles. The third-order valence-corrected chi connectivity index (χ3v) is 6.44. The lowest BCUT2D eigenvalue weighted by atomic mass is 9.75. The van der Waals surface area contributed by atoms with E-state index in [1.165, 1.54) is 6.42 Å².